The lowest BCUT2D eigenvalue weighted by Crippen LogP contribution is -1.93. The van der Waals surface area contributed by atoms with Gasteiger partial charge in [-0.1, -0.05) is 37.3 Å². The fourth-order valence-corrected chi connectivity index (χ4v) is 1.05. The lowest BCUT2D eigenvalue weighted by Gasteiger charge is -2.05. The Labute approximate surface area is 105 Å². The smallest absolute Gasteiger partial charge is 0.328 e. The predicted octanol–water partition coefficient (Wildman–Crippen LogP) is 1.84. The fraction of sp³-hybridized carbons (Fsp3) is 0.231. The third-order valence-corrected chi connectivity index (χ3v) is 1.94. The average molecular weight is 252 g/mol. The topological polar surface area (TPSA) is 94.8 Å². The molecule has 18 heavy (non-hydrogen) atoms. The van der Waals surface area contributed by atoms with Crippen molar-refractivity contribution in [3.8, 4) is 0 Å². The number of carbonyl (C=O) groups is 2. The maximum absolute atomic E-state index is 9.55. The van der Waals surface area contributed by atoms with Crippen LogP contribution in [0.3, 0.4) is 0 Å². The Balaban J connectivity index is 0.000000331. The number of aliphatic hydroxyl groups excluding tert-OH is 1. The summed E-state index contributed by atoms with van der Waals surface area (Å²) < 4.78 is 0. The summed E-state index contributed by atoms with van der Waals surface area (Å²) in [6.07, 6.45) is 1.61. The van der Waals surface area contributed by atoms with Crippen molar-refractivity contribution in [1.82, 2.24) is 0 Å². The average Bonchev–Trinajstić information content (AvgIpc) is 2.37. The van der Waals surface area contributed by atoms with Gasteiger partial charge in [-0.3, -0.25) is 0 Å². The highest BCUT2D eigenvalue weighted by Crippen LogP contribution is 2.14. The van der Waals surface area contributed by atoms with E-state index in [1.54, 1.807) is 0 Å². The minimum absolute atomic E-state index is 0.291. The SMILES string of the molecule is CCC(O)c1ccccc1.O=C(O)/C=C\C(=O)O. The molecule has 0 aliphatic carbocycles. The minimum atomic E-state index is -1.26. The van der Waals surface area contributed by atoms with Crippen LogP contribution in [0.4, 0.5) is 0 Å². The van der Waals surface area contributed by atoms with Crippen molar-refractivity contribution in [2.24, 2.45) is 0 Å². The first kappa shape index (κ1) is 15.9. The molecule has 0 aliphatic rings. The molecule has 0 saturated heterocycles. The quantitative estimate of drug-likeness (QED) is 0.711. The molecule has 1 atom stereocenters. The Morgan fingerprint density at radius 1 is 1.11 bits per heavy atom. The molecule has 5 nitrogen and oxygen atoms in total. The highest BCUT2D eigenvalue weighted by Gasteiger charge is 2.00. The standard InChI is InChI=1S/C9H12O.C4H4O4/c1-2-9(10)8-6-4-3-5-7-8;5-3(6)1-2-4(7)8/h3-7,9-10H,2H2,1H3;1-2H,(H,5,6)(H,7,8)/b;2-1-. The Kier molecular flexibility index (Phi) is 7.89. The van der Waals surface area contributed by atoms with E-state index in [9.17, 15) is 14.7 Å². The molecule has 0 aromatic heterocycles. The van der Waals surface area contributed by atoms with Crippen LogP contribution in [0.2, 0.25) is 0 Å². The second kappa shape index (κ2) is 8.95. The first-order valence-electron chi connectivity index (χ1n) is 5.34. The zero-order chi connectivity index (χ0) is 14.0. The molecule has 5 heteroatoms. The summed E-state index contributed by atoms with van der Waals surface area (Å²) in [5.41, 5.74) is 1.00. The molecule has 98 valence electrons. The van der Waals surface area contributed by atoms with Gasteiger partial charge in [-0.15, -0.1) is 0 Å². The van der Waals surface area contributed by atoms with E-state index in [2.05, 4.69) is 0 Å². The maximum Gasteiger partial charge on any atom is 0.328 e. The molecule has 0 aliphatic heterocycles. The second-order valence-electron chi connectivity index (χ2n) is 3.34. The van der Waals surface area contributed by atoms with Crippen LogP contribution in [0.1, 0.15) is 25.0 Å². The summed E-state index contributed by atoms with van der Waals surface area (Å²) in [6, 6.07) is 9.70. The number of aliphatic hydroxyl groups is 1. The van der Waals surface area contributed by atoms with E-state index < -0.39 is 11.9 Å². The van der Waals surface area contributed by atoms with Crippen LogP contribution < -0.4 is 0 Å². The lowest BCUT2D eigenvalue weighted by molar-refractivity contribution is -0.134. The molecule has 1 rings (SSSR count). The Morgan fingerprint density at radius 2 is 1.56 bits per heavy atom. The van der Waals surface area contributed by atoms with Crippen LogP contribution in [0, 0.1) is 0 Å². The summed E-state index contributed by atoms with van der Waals surface area (Å²) in [4.78, 5) is 19.1. The van der Waals surface area contributed by atoms with E-state index in [-0.39, 0.29) is 6.10 Å². The van der Waals surface area contributed by atoms with Gasteiger partial charge in [0.2, 0.25) is 0 Å². The molecule has 0 amide bonds. The second-order valence-corrected chi connectivity index (χ2v) is 3.34. The summed E-state index contributed by atoms with van der Waals surface area (Å²) in [7, 11) is 0. The summed E-state index contributed by atoms with van der Waals surface area (Å²) in [5.74, 6) is -2.51. The number of carboxylic acid groups (broad SMARTS) is 2. The monoisotopic (exact) mass is 252 g/mol. The molecule has 0 saturated carbocycles. The van der Waals surface area contributed by atoms with E-state index in [1.165, 1.54) is 0 Å². The van der Waals surface area contributed by atoms with E-state index in [1.807, 2.05) is 37.3 Å². The molecule has 3 N–H and O–H groups in total. The van der Waals surface area contributed by atoms with Gasteiger partial charge in [0.05, 0.1) is 6.10 Å². The molecule has 0 spiro atoms. The maximum atomic E-state index is 9.55. The first-order chi connectivity index (χ1) is 8.47. The van der Waals surface area contributed by atoms with Crippen molar-refractivity contribution in [2.75, 3.05) is 0 Å². The van der Waals surface area contributed by atoms with Crippen molar-refractivity contribution in [3.05, 3.63) is 48.0 Å². The number of hydrogen-bond donors (Lipinski definition) is 3. The molecule has 0 heterocycles. The summed E-state index contributed by atoms with van der Waals surface area (Å²) in [5, 5.41) is 25.0. The van der Waals surface area contributed by atoms with Gasteiger partial charge < -0.3 is 15.3 Å². The normalized spacial score (nSPS) is 11.4. The van der Waals surface area contributed by atoms with Crippen LogP contribution in [0.25, 0.3) is 0 Å². The van der Waals surface area contributed by atoms with E-state index in [0.29, 0.717) is 12.2 Å². The van der Waals surface area contributed by atoms with Crippen LogP contribution in [-0.2, 0) is 9.59 Å². The number of aliphatic carboxylic acids is 2. The largest absolute Gasteiger partial charge is 0.478 e. The van der Waals surface area contributed by atoms with Gasteiger partial charge in [-0.25, -0.2) is 9.59 Å². The number of carboxylic acids is 2. The number of rotatable bonds is 4. The van der Waals surface area contributed by atoms with Gasteiger partial charge in [0, 0.05) is 12.2 Å². The van der Waals surface area contributed by atoms with E-state index >= 15 is 0 Å². The number of hydrogen-bond acceptors (Lipinski definition) is 3. The minimum Gasteiger partial charge on any atom is -0.478 e. The van der Waals surface area contributed by atoms with E-state index in [4.69, 9.17) is 10.2 Å². The van der Waals surface area contributed by atoms with Crippen molar-refractivity contribution >= 4 is 11.9 Å². The molecule has 0 bridgehead atoms. The highest BCUT2D eigenvalue weighted by molar-refractivity contribution is 5.89. The number of benzene rings is 1. The molecule has 0 fully saturated rings. The highest BCUT2D eigenvalue weighted by atomic mass is 16.4. The zero-order valence-electron chi connectivity index (χ0n) is 9.98. The fourth-order valence-electron chi connectivity index (χ4n) is 1.05. The van der Waals surface area contributed by atoms with Crippen molar-refractivity contribution in [1.29, 1.82) is 0 Å². The predicted molar refractivity (Wildman–Crippen MR) is 66.1 cm³/mol. The van der Waals surface area contributed by atoms with Gasteiger partial charge in [-0.05, 0) is 12.0 Å². The van der Waals surface area contributed by atoms with Crippen LogP contribution >= 0.6 is 0 Å². The molecule has 1 unspecified atom stereocenters. The Bertz CT molecular complexity index is 381. The summed E-state index contributed by atoms with van der Waals surface area (Å²) >= 11 is 0. The molecule has 1 aromatic carbocycles. The van der Waals surface area contributed by atoms with Gasteiger partial charge in [0.1, 0.15) is 0 Å². The Hall–Kier alpha value is -2.14. The third-order valence-electron chi connectivity index (χ3n) is 1.94. The van der Waals surface area contributed by atoms with Gasteiger partial charge >= 0.3 is 11.9 Å². The lowest BCUT2D eigenvalue weighted by atomic mass is 10.1. The van der Waals surface area contributed by atoms with Crippen molar-refractivity contribution < 1.29 is 24.9 Å². The molecular formula is C13H16O5. The van der Waals surface area contributed by atoms with Crippen molar-refractivity contribution in [2.45, 2.75) is 19.4 Å². The van der Waals surface area contributed by atoms with Gasteiger partial charge in [0.15, 0.2) is 0 Å². The zero-order valence-corrected chi connectivity index (χ0v) is 9.98. The molecule has 1 aromatic rings. The van der Waals surface area contributed by atoms with E-state index in [0.717, 1.165) is 12.0 Å². The molecular weight excluding hydrogens is 236 g/mol. The Morgan fingerprint density at radius 3 is 1.89 bits per heavy atom. The summed E-state index contributed by atoms with van der Waals surface area (Å²) in [6.45, 7) is 1.97. The van der Waals surface area contributed by atoms with Crippen LogP contribution in [-0.4, -0.2) is 27.3 Å². The third kappa shape index (κ3) is 8.06. The van der Waals surface area contributed by atoms with Gasteiger partial charge in [-0.2, -0.15) is 0 Å². The molecule has 0 radical (unpaired) electrons. The first-order valence-corrected chi connectivity index (χ1v) is 5.34. The van der Waals surface area contributed by atoms with Crippen LogP contribution in [0.15, 0.2) is 42.5 Å². The van der Waals surface area contributed by atoms with Gasteiger partial charge in [0.25, 0.3) is 0 Å². The van der Waals surface area contributed by atoms with Crippen LogP contribution in [0.5, 0.6) is 0 Å². The van der Waals surface area contributed by atoms with Crippen molar-refractivity contribution in [3.63, 3.8) is 0 Å².